The van der Waals surface area contributed by atoms with Gasteiger partial charge in [-0.3, -0.25) is 0 Å². The SMILES string of the molecule is CCC(CC)C(N)CS(=O)(=O)N(C)CC. The van der Waals surface area contributed by atoms with Crippen LogP contribution in [0.3, 0.4) is 0 Å². The van der Waals surface area contributed by atoms with Crippen LogP contribution in [0.25, 0.3) is 0 Å². The molecule has 5 heteroatoms. The van der Waals surface area contributed by atoms with E-state index in [0.717, 1.165) is 12.8 Å². The van der Waals surface area contributed by atoms with E-state index in [1.807, 2.05) is 20.8 Å². The van der Waals surface area contributed by atoms with E-state index in [4.69, 9.17) is 5.73 Å². The highest BCUT2D eigenvalue weighted by Crippen LogP contribution is 2.14. The van der Waals surface area contributed by atoms with Gasteiger partial charge < -0.3 is 5.73 Å². The molecule has 0 aromatic carbocycles. The summed E-state index contributed by atoms with van der Waals surface area (Å²) in [4.78, 5) is 0. The number of nitrogens with two attached hydrogens (primary N) is 1. The maximum absolute atomic E-state index is 11.8. The molecule has 0 fully saturated rings. The Hall–Kier alpha value is -0.130. The van der Waals surface area contributed by atoms with E-state index in [0.29, 0.717) is 12.5 Å². The molecule has 0 aliphatic heterocycles. The van der Waals surface area contributed by atoms with E-state index in [1.165, 1.54) is 4.31 Å². The smallest absolute Gasteiger partial charge is 0.215 e. The quantitative estimate of drug-likeness (QED) is 0.718. The minimum atomic E-state index is -3.17. The third-order valence-electron chi connectivity index (χ3n) is 2.98. The second-order valence-electron chi connectivity index (χ2n) is 3.93. The van der Waals surface area contributed by atoms with E-state index in [2.05, 4.69) is 0 Å². The largest absolute Gasteiger partial charge is 0.326 e. The van der Waals surface area contributed by atoms with Gasteiger partial charge in [0.25, 0.3) is 0 Å². The molecule has 0 amide bonds. The van der Waals surface area contributed by atoms with Crippen molar-refractivity contribution in [2.45, 2.75) is 39.7 Å². The van der Waals surface area contributed by atoms with E-state index < -0.39 is 10.0 Å². The maximum atomic E-state index is 11.8. The summed E-state index contributed by atoms with van der Waals surface area (Å²) in [5, 5.41) is 0. The van der Waals surface area contributed by atoms with E-state index in [-0.39, 0.29) is 11.8 Å². The van der Waals surface area contributed by atoms with Gasteiger partial charge in [0, 0.05) is 19.6 Å². The Labute approximate surface area is 93.9 Å². The van der Waals surface area contributed by atoms with Crippen molar-refractivity contribution in [3.8, 4) is 0 Å². The van der Waals surface area contributed by atoms with Gasteiger partial charge in [-0.05, 0) is 5.92 Å². The van der Waals surface area contributed by atoms with Crippen LogP contribution >= 0.6 is 0 Å². The lowest BCUT2D eigenvalue weighted by Gasteiger charge is -2.23. The molecule has 92 valence electrons. The standard InChI is InChI=1S/C10H24N2O2S/c1-5-9(6-2)10(11)8-15(13,14)12(4)7-3/h9-10H,5-8,11H2,1-4H3. The number of sulfonamides is 1. The van der Waals surface area contributed by atoms with Gasteiger partial charge in [0.15, 0.2) is 0 Å². The number of rotatable bonds is 7. The number of hydrogen-bond acceptors (Lipinski definition) is 3. The molecule has 1 atom stereocenters. The Bertz CT molecular complexity index is 261. The summed E-state index contributed by atoms with van der Waals surface area (Å²) < 4.78 is 24.9. The summed E-state index contributed by atoms with van der Waals surface area (Å²) in [6.45, 7) is 6.41. The lowest BCUT2D eigenvalue weighted by atomic mass is 9.96. The average molecular weight is 236 g/mol. The van der Waals surface area contributed by atoms with Crippen LogP contribution in [0.15, 0.2) is 0 Å². The van der Waals surface area contributed by atoms with Crippen LogP contribution in [-0.2, 0) is 10.0 Å². The average Bonchev–Trinajstić information content (AvgIpc) is 2.17. The summed E-state index contributed by atoms with van der Waals surface area (Å²) in [5.74, 6) is 0.356. The Morgan fingerprint density at radius 2 is 1.67 bits per heavy atom. The fraction of sp³-hybridized carbons (Fsp3) is 1.00. The highest BCUT2D eigenvalue weighted by Gasteiger charge is 2.24. The second-order valence-corrected chi connectivity index (χ2v) is 6.05. The monoisotopic (exact) mass is 236 g/mol. The molecule has 0 rings (SSSR count). The topological polar surface area (TPSA) is 63.4 Å². The Morgan fingerprint density at radius 1 is 1.20 bits per heavy atom. The molecule has 0 heterocycles. The van der Waals surface area contributed by atoms with Crippen LogP contribution in [0.5, 0.6) is 0 Å². The van der Waals surface area contributed by atoms with Crippen LogP contribution in [0, 0.1) is 5.92 Å². The maximum Gasteiger partial charge on any atom is 0.215 e. The summed E-state index contributed by atoms with van der Waals surface area (Å²) in [6.07, 6.45) is 1.87. The molecule has 0 saturated carbocycles. The Balaban J connectivity index is 4.45. The van der Waals surface area contributed by atoms with E-state index >= 15 is 0 Å². The minimum Gasteiger partial charge on any atom is -0.326 e. The summed E-state index contributed by atoms with van der Waals surface area (Å²) in [5.41, 5.74) is 5.91. The molecular weight excluding hydrogens is 212 g/mol. The number of nitrogens with zero attached hydrogens (tertiary/aromatic N) is 1. The molecule has 0 aliphatic rings. The lowest BCUT2D eigenvalue weighted by molar-refractivity contribution is 0.406. The van der Waals surface area contributed by atoms with Gasteiger partial charge in [0.05, 0.1) is 5.75 Å². The molecular formula is C10H24N2O2S. The predicted molar refractivity (Wildman–Crippen MR) is 64.1 cm³/mol. The van der Waals surface area contributed by atoms with Crippen LogP contribution in [0.1, 0.15) is 33.6 Å². The number of hydrogen-bond donors (Lipinski definition) is 1. The molecule has 0 aromatic heterocycles. The third kappa shape index (κ3) is 4.49. The first-order valence-corrected chi connectivity index (χ1v) is 7.19. The summed E-state index contributed by atoms with van der Waals surface area (Å²) in [7, 11) is -1.57. The van der Waals surface area contributed by atoms with Crippen LogP contribution < -0.4 is 5.73 Å². The first-order chi connectivity index (χ1) is 6.88. The lowest BCUT2D eigenvalue weighted by Crippen LogP contribution is -2.41. The highest BCUT2D eigenvalue weighted by atomic mass is 32.2. The van der Waals surface area contributed by atoms with E-state index in [1.54, 1.807) is 7.05 Å². The molecule has 2 N–H and O–H groups in total. The van der Waals surface area contributed by atoms with Gasteiger partial charge in [0.1, 0.15) is 0 Å². The second kappa shape index (κ2) is 6.45. The molecule has 0 radical (unpaired) electrons. The van der Waals surface area contributed by atoms with Crippen molar-refractivity contribution in [1.29, 1.82) is 0 Å². The van der Waals surface area contributed by atoms with Gasteiger partial charge in [-0.15, -0.1) is 0 Å². The molecule has 0 bridgehead atoms. The van der Waals surface area contributed by atoms with E-state index in [9.17, 15) is 8.42 Å². The van der Waals surface area contributed by atoms with Gasteiger partial charge >= 0.3 is 0 Å². The van der Waals surface area contributed by atoms with Crippen molar-refractivity contribution in [3.63, 3.8) is 0 Å². The first-order valence-electron chi connectivity index (χ1n) is 5.58. The fourth-order valence-corrected chi connectivity index (χ4v) is 3.00. The van der Waals surface area contributed by atoms with Gasteiger partial charge in [-0.2, -0.15) is 0 Å². The minimum absolute atomic E-state index is 0.0592. The zero-order chi connectivity index (χ0) is 12.1. The summed E-state index contributed by atoms with van der Waals surface area (Å²) in [6, 6.07) is -0.251. The zero-order valence-electron chi connectivity index (χ0n) is 10.2. The van der Waals surface area contributed by atoms with Crippen molar-refractivity contribution < 1.29 is 8.42 Å². The molecule has 0 aliphatic carbocycles. The van der Waals surface area contributed by atoms with Gasteiger partial charge in [-0.1, -0.05) is 33.6 Å². The van der Waals surface area contributed by atoms with Crippen LogP contribution in [0.4, 0.5) is 0 Å². The zero-order valence-corrected chi connectivity index (χ0v) is 11.0. The third-order valence-corrected chi connectivity index (χ3v) is 4.99. The molecule has 0 spiro atoms. The molecule has 0 aromatic rings. The van der Waals surface area contributed by atoms with Crippen molar-refractivity contribution in [2.24, 2.45) is 11.7 Å². The Morgan fingerprint density at radius 3 is 2.00 bits per heavy atom. The Kier molecular flexibility index (Phi) is 6.40. The van der Waals surface area contributed by atoms with Crippen molar-refractivity contribution in [3.05, 3.63) is 0 Å². The van der Waals surface area contributed by atoms with Crippen molar-refractivity contribution >= 4 is 10.0 Å². The normalized spacial score (nSPS) is 14.9. The molecule has 4 nitrogen and oxygen atoms in total. The highest BCUT2D eigenvalue weighted by molar-refractivity contribution is 7.89. The van der Waals surface area contributed by atoms with Gasteiger partial charge in [-0.25, -0.2) is 12.7 Å². The predicted octanol–water partition coefficient (Wildman–Crippen LogP) is 1.03. The summed E-state index contributed by atoms with van der Waals surface area (Å²) >= 11 is 0. The molecule has 15 heavy (non-hydrogen) atoms. The van der Waals surface area contributed by atoms with Crippen LogP contribution in [-0.4, -0.2) is 38.1 Å². The van der Waals surface area contributed by atoms with Crippen molar-refractivity contribution in [1.82, 2.24) is 4.31 Å². The fourth-order valence-electron chi connectivity index (χ4n) is 1.60. The molecule has 0 saturated heterocycles. The van der Waals surface area contributed by atoms with Gasteiger partial charge in [0.2, 0.25) is 10.0 Å². The van der Waals surface area contributed by atoms with Crippen molar-refractivity contribution in [2.75, 3.05) is 19.3 Å². The molecule has 1 unspecified atom stereocenters. The first kappa shape index (κ1) is 14.9. The van der Waals surface area contributed by atoms with Crippen LogP contribution in [0.2, 0.25) is 0 Å².